The summed E-state index contributed by atoms with van der Waals surface area (Å²) in [5.41, 5.74) is 1.18. The van der Waals surface area contributed by atoms with E-state index in [2.05, 4.69) is 5.32 Å². The minimum atomic E-state index is -0.552. The first-order valence-electron chi connectivity index (χ1n) is 11.7. The van der Waals surface area contributed by atoms with Gasteiger partial charge < -0.3 is 24.4 Å². The molecule has 0 unspecified atom stereocenters. The van der Waals surface area contributed by atoms with Crippen molar-refractivity contribution in [3.63, 3.8) is 0 Å². The average molecular weight is 558 g/mol. The lowest BCUT2D eigenvalue weighted by Crippen LogP contribution is -2.43. The summed E-state index contributed by atoms with van der Waals surface area (Å²) in [5, 5.41) is 2.20. The van der Waals surface area contributed by atoms with E-state index < -0.39 is 23.6 Å². The SMILES string of the molecule is COc1cc(/C=C2\SC(=O)N(CC(=O)Nc3cccc(SC)c3)C2=O)ccc1OCC(=O)N1CCOCC1. The van der Waals surface area contributed by atoms with Crippen LogP contribution in [0.3, 0.4) is 0 Å². The molecule has 4 amide bonds. The largest absolute Gasteiger partial charge is 0.493 e. The third-order valence-electron chi connectivity index (χ3n) is 5.73. The van der Waals surface area contributed by atoms with Crippen molar-refractivity contribution in [2.75, 3.05) is 58.1 Å². The van der Waals surface area contributed by atoms with Gasteiger partial charge in [-0.15, -0.1) is 11.8 Å². The maximum Gasteiger partial charge on any atom is 0.294 e. The number of benzene rings is 2. The van der Waals surface area contributed by atoms with E-state index in [9.17, 15) is 19.2 Å². The Bertz CT molecular complexity index is 1260. The van der Waals surface area contributed by atoms with E-state index in [1.165, 1.54) is 18.9 Å². The monoisotopic (exact) mass is 557 g/mol. The highest BCUT2D eigenvalue weighted by Gasteiger charge is 2.36. The topological polar surface area (TPSA) is 114 Å². The highest BCUT2D eigenvalue weighted by atomic mass is 32.2. The summed E-state index contributed by atoms with van der Waals surface area (Å²) >= 11 is 2.30. The number of methoxy groups -OCH3 is 1. The number of carbonyl (C=O) groups excluding carboxylic acids is 4. The first-order valence-corrected chi connectivity index (χ1v) is 13.8. The van der Waals surface area contributed by atoms with E-state index in [4.69, 9.17) is 14.2 Å². The number of imide groups is 1. The standard InChI is InChI=1S/C26H27N3O7S2/c1-34-21-12-17(6-7-20(21)36-16-24(31)28-8-10-35-11-9-28)13-22-25(32)29(26(33)38-22)15-23(30)27-18-4-3-5-19(14-18)37-2/h3-7,12-14H,8-11,15-16H2,1-2H3,(H,27,30)/b22-13-. The van der Waals surface area contributed by atoms with E-state index in [1.54, 1.807) is 35.2 Å². The minimum Gasteiger partial charge on any atom is -0.493 e. The molecule has 0 radical (unpaired) electrons. The van der Waals surface area contributed by atoms with Crippen molar-refractivity contribution >= 4 is 58.2 Å². The molecule has 2 aliphatic heterocycles. The Morgan fingerprint density at radius 2 is 1.92 bits per heavy atom. The number of morpholine rings is 1. The zero-order valence-corrected chi connectivity index (χ0v) is 22.6. The van der Waals surface area contributed by atoms with E-state index in [1.807, 2.05) is 24.5 Å². The average Bonchev–Trinajstić information content (AvgIpc) is 3.19. The molecule has 0 atom stereocenters. The van der Waals surface area contributed by atoms with Crippen LogP contribution in [0.2, 0.25) is 0 Å². The second-order valence-electron chi connectivity index (χ2n) is 8.24. The summed E-state index contributed by atoms with van der Waals surface area (Å²) in [7, 11) is 1.47. The lowest BCUT2D eigenvalue weighted by molar-refractivity contribution is -0.137. The first-order chi connectivity index (χ1) is 18.4. The van der Waals surface area contributed by atoms with Crippen LogP contribution >= 0.6 is 23.5 Å². The molecule has 0 aliphatic carbocycles. The Morgan fingerprint density at radius 1 is 1.13 bits per heavy atom. The lowest BCUT2D eigenvalue weighted by Gasteiger charge is -2.26. The van der Waals surface area contributed by atoms with Crippen LogP contribution < -0.4 is 14.8 Å². The van der Waals surface area contributed by atoms with Crippen molar-refractivity contribution in [2.24, 2.45) is 0 Å². The number of carbonyl (C=O) groups is 4. The zero-order valence-electron chi connectivity index (χ0n) is 20.9. The van der Waals surface area contributed by atoms with Gasteiger partial charge in [-0.1, -0.05) is 12.1 Å². The fourth-order valence-corrected chi connectivity index (χ4v) is 5.07. The number of nitrogens with zero attached hydrogens (tertiary/aromatic N) is 2. The van der Waals surface area contributed by atoms with E-state index in [0.29, 0.717) is 49.1 Å². The summed E-state index contributed by atoms with van der Waals surface area (Å²) < 4.78 is 16.3. The molecule has 2 aliphatic rings. The van der Waals surface area contributed by atoms with Gasteiger partial charge in [0.25, 0.3) is 17.1 Å². The van der Waals surface area contributed by atoms with Crippen LogP contribution in [0.1, 0.15) is 5.56 Å². The number of rotatable bonds is 9. The second kappa shape index (κ2) is 12.9. The normalized spacial score (nSPS) is 16.6. The third kappa shape index (κ3) is 6.88. The molecule has 12 heteroatoms. The molecule has 4 rings (SSSR count). The van der Waals surface area contributed by atoms with Gasteiger partial charge in [-0.3, -0.25) is 24.1 Å². The number of hydrogen-bond donors (Lipinski definition) is 1. The summed E-state index contributed by atoms with van der Waals surface area (Å²) in [6.45, 7) is 1.54. The number of thioether (sulfide) groups is 2. The smallest absolute Gasteiger partial charge is 0.294 e. The highest BCUT2D eigenvalue weighted by Crippen LogP contribution is 2.34. The van der Waals surface area contributed by atoms with Gasteiger partial charge in [-0.2, -0.15) is 0 Å². The fraction of sp³-hybridized carbons (Fsp3) is 0.308. The number of hydrogen-bond acceptors (Lipinski definition) is 9. The van der Waals surface area contributed by atoms with Crippen LogP contribution in [0.4, 0.5) is 10.5 Å². The van der Waals surface area contributed by atoms with Crippen LogP contribution in [0.5, 0.6) is 11.5 Å². The van der Waals surface area contributed by atoms with Gasteiger partial charge in [-0.25, -0.2) is 0 Å². The van der Waals surface area contributed by atoms with Crippen LogP contribution in [0, 0.1) is 0 Å². The van der Waals surface area contributed by atoms with Gasteiger partial charge in [-0.05, 0) is 60.0 Å². The molecule has 2 aromatic carbocycles. The Hall–Kier alpha value is -3.48. The number of nitrogens with one attached hydrogen (secondary N) is 1. The van der Waals surface area contributed by atoms with Crippen molar-refractivity contribution in [2.45, 2.75) is 4.90 Å². The molecule has 2 heterocycles. The minimum absolute atomic E-state index is 0.141. The van der Waals surface area contributed by atoms with Gasteiger partial charge in [0.05, 0.1) is 25.2 Å². The van der Waals surface area contributed by atoms with E-state index >= 15 is 0 Å². The molecule has 1 N–H and O–H groups in total. The summed E-state index contributed by atoms with van der Waals surface area (Å²) in [4.78, 5) is 54.0. The van der Waals surface area contributed by atoms with E-state index in [0.717, 1.165) is 21.6 Å². The maximum absolute atomic E-state index is 12.9. The van der Waals surface area contributed by atoms with Crippen molar-refractivity contribution in [3.8, 4) is 11.5 Å². The van der Waals surface area contributed by atoms with Crippen molar-refractivity contribution in [3.05, 3.63) is 52.9 Å². The predicted octanol–water partition coefficient (Wildman–Crippen LogP) is 3.33. The Balaban J connectivity index is 1.38. The summed E-state index contributed by atoms with van der Waals surface area (Å²) in [5.74, 6) is -0.416. The molecule has 38 heavy (non-hydrogen) atoms. The van der Waals surface area contributed by atoms with Crippen LogP contribution in [0.25, 0.3) is 6.08 Å². The molecule has 0 aromatic heterocycles. The quantitative estimate of drug-likeness (QED) is 0.366. The van der Waals surface area contributed by atoms with Gasteiger partial charge in [0.15, 0.2) is 18.1 Å². The molecule has 2 aromatic rings. The molecular formula is C26H27N3O7S2. The van der Waals surface area contributed by atoms with Crippen LogP contribution in [-0.2, 0) is 19.1 Å². The fourth-order valence-electron chi connectivity index (χ4n) is 3.77. The highest BCUT2D eigenvalue weighted by molar-refractivity contribution is 8.18. The molecule has 0 saturated carbocycles. The Kier molecular flexibility index (Phi) is 9.32. The van der Waals surface area contributed by atoms with Gasteiger partial charge in [0, 0.05) is 23.7 Å². The summed E-state index contributed by atoms with van der Waals surface area (Å²) in [6.07, 6.45) is 3.48. The predicted molar refractivity (Wildman–Crippen MR) is 145 cm³/mol. The number of ether oxygens (including phenoxy) is 3. The lowest BCUT2D eigenvalue weighted by atomic mass is 10.2. The van der Waals surface area contributed by atoms with E-state index in [-0.39, 0.29) is 17.4 Å². The first kappa shape index (κ1) is 27.6. The molecule has 200 valence electrons. The van der Waals surface area contributed by atoms with Crippen molar-refractivity contribution < 1.29 is 33.4 Å². The van der Waals surface area contributed by atoms with Crippen LogP contribution in [-0.4, -0.2) is 85.6 Å². The Labute approximate surface area is 228 Å². The zero-order chi connectivity index (χ0) is 27.1. The van der Waals surface area contributed by atoms with Gasteiger partial charge in [0.2, 0.25) is 5.91 Å². The number of amides is 4. The van der Waals surface area contributed by atoms with Crippen LogP contribution in [0.15, 0.2) is 52.3 Å². The van der Waals surface area contributed by atoms with Gasteiger partial charge >= 0.3 is 0 Å². The molecule has 0 bridgehead atoms. The second-order valence-corrected chi connectivity index (χ2v) is 10.1. The Morgan fingerprint density at radius 3 is 2.66 bits per heavy atom. The molecule has 0 spiro atoms. The van der Waals surface area contributed by atoms with Crippen molar-refractivity contribution in [1.29, 1.82) is 0 Å². The van der Waals surface area contributed by atoms with Crippen molar-refractivity contribution in [1.82, 2.24) is 9.80 Å². The van der Waals surface area contributed by atoms with Gasteiger partial charge in [0.1, 0.15) is 6.54 Å². The molecular weight excluding hydrogens is 530 g/mol. The number of anilines is 1. The molecule has 2 saturated heterocycles. The molecule has 10 nitrogen and oxygen atoms in total. The maximum atomic E-state index is 12.9. The summed E-state index contributed by atoms with van der Waals surface area (Å²) in [6, 6.07) is 12.3. The molecule has 2 fully saturated rings. The third-order valence-corrected chi connectivity index (χ3v) is 7.36.